The molecule has 1 aromatic heterocycles. The van der Waals surface area contributed by atoms with Gasteiger partial charge in [0.2, 0.25) is 12.2 Å². The van der Waals surface area contributed by atoms with Gasteiger partial charge in [-0.3, -0.25) is 14.2 Å². The van der Waals surface area contributed by atoms with Crippen molar-refractivity contribution in [3.05, 3.63) is 47.9 Å². The first-order valence-electron chi connectivity index (χ1n) is 10.1. The van der Waals surface area contributed by atoms with Crippen LogP contribution in [-0.4, -0.2) is 59.0 Å². The summed E-state index contributed by atoms with van der Waals surface area (Å²) in [6, 6.07) is 7.78. The third kappa shape index (κ3) is 4.21. The fraction of sp³-hybridized carbons (Fsp3) is 0.455. The maximum absolute atomic E-state index is 12.6. The van der Waals surface area contributed by atoms with Crippen LogP contribution < -0.4 is 0 Å². The van der Waals surface area contributed by atoms with Gasteiger partial charge < -0.3 is 19.5 Å². The highest BCUT2D eigenvalue weighted by molar-refractivity contribution is 5.95. The highest BCUT2D eigenvalue weighted by Crippen LogP contribution is 2.37. The zero-order chi connectivity index (χ0) is 20.4. The van der Waals surface area contributed by atoms with Crippen LogP contribution in [-0.2, 0) is 14.3 Å². The molecule has 1 amide bonds. The molecule has 0 spiro atoms. The van der Waals surface area contributed by atoms with Crippen LogP contribution in [0.2, 0.25) is 0 Å². The third-order valence-corrected chi connectivity index (χ3v) is 5.34. The molecule has 4 rings (SSSR count). The standard InChI is InChI=1S/C22H26N2O5/c1-15(26)24-14-18(17-6-2-3-7-19(17)24)16-12-20(22(27)23-8-9-23)29-21(13-16)28-11-5-4-10-25/h2-3,6-7,12,14,16,21,25H,4-5,8-11,13H2,1H3/t16-,21+/m0/s1. The van der Waals surface area contributed by atoms with Crippen LogP contribution in [0.4, 0.5) is 0 Å². The largest absolute Gasteiger partial charge is 0.459 e. The molecular formula is C22H26N2O5. The Morgan fingerprint density at radius 1 is 1.24 bits per heavy atom. The van der Waals surface area contributed by atoms with Gasteiger partial charge in [-0.05, 0) is 30.5 Å². The van der Waals surface area contributed by atoms with Crippen molar-refractivity contribution in [2.24, 2.45) is 0 Å². The number of aromatic nitrogens is 1. The number of aliphatic hydroxyl groups excluding tert-OH is 1. The Bertz CT molecular complexity index is 944. The van der Waals surface area contributed by atoms with Gasteiger partial charge in [-0.15, -0.1) is 0 Å². The van der Waals surface area contributed by atoms with Crippen molar-refractivity contribution >= 4 is 22.7 Å². The molecule has 7 heteroatoms. The number of benzene rings is 1. The van der Waals surface area contributed by atoms with Crippen molar-refractivity contribution in [2.45, 2.75) is 38.4 Å². The number of unbranched alkanes of at least 4 members (excludes halogenated alkanes) is 1. The maximum Gasteiger partial charge on any atom is 0.288 e. The van der Waals surface area contributed by atoms with E-state index in [1.807, 2.05) is 36.5 Å². The van der Waals surface area contributed by atoms with Gasteiger partial charge in [0, 0.05) is 50.5 Å². The number of ether oxygens (including phenoxy) is 2. The summed E-state index contributed by atoms with van der Waals surface area (Å²) in [6.45, 7) is 3.61. The number of aliphatic hydroxyl groups is 1. The first-order valence-corrected chi connectivity index (χ1v) is 10.1. The molecule has 0 radical (unpaired) electrons. The van der Waals surface area contributed by atoms with Crippen LogP contribution in [0.3, 0.4) is 0 Å². The second-order valence-corrected chi connectivity index (χ2v) is 7.50. The lowest BCUT2D eigenvalue weighted by Crippen LogP contribution is -2.29. The normalized spacial score (nSPS) is 21.0. The molecule has 154 valence electrons. The van der Waals surface area contributed by atoms with Gasteiger partial charge in [-0.2, -0.15) is 0 Å². The van der Waals surface area contributed by atoms with Crippen molar-refractivity contribution in [3.63, 3.8) is 0 Å². The second-order valence-electron chi connectivity index (χ2n) is 7.50. The summed E-state index contributed by atoms with van der Waals surface area (Å²) in [5, 5.41) is 9.94. The molecular weight excluding hydrogens is 372 g/mol. The highest BCUT2D eigenvalue weighted by atomic mass is 16.7. The number of allylic oxidation sites excluding steroid dienone is 1. The first kappa shape index (κ1) is 19.7. The zero-order valence-corrected chi connectivity index (χ0v) is 16.5. The molecule has 1 fully saturated rings. The van der Waals surface area contributed by atoms with Crippen LogP contribution in [0, 0.1) is 0 Å². The fourth-order valence-corrected chi connectivity index (χ4v) is 3.73. The Labute approximate surface area is 169 Å². The number of fused-ring (bicyclic) bond motifs is 1. The summed E-state index contributed by atoms with van der Waals surface area (Å²) in [5.41, 5.74) is 1.84. The fourth-order valence-electron chi connectivity index (χ4n) is 3.73. The SMILES string of the molecule is CC(=O)n1cc([C@H]2C=C(C(=O)N3CC3)O[C@@H](OCCCCO)C2)c2ccccc21. The monoisotopic (exact) mass is 398 g/mol. The van der Waals surface area contributed by atoms with Crippen molar-refractivity contribution < 1.29 is 24.2 Å². The van der Waals surface area contributed by atoms with Crippen LogP contribution in [0.15, 0.2) is 42.3 Å². The Morgan fingerprint density at radius 3 is 2.76 bits per heavy atom. The molecule has 2 atom stereocenters. The molecule has 2 aliphatic rings. The van der Waals surface area contributed by atoms with E-state index in [-0.39, 0.29) is 24.3 Å². The zero-order valence-electron chi connectivity index (χ0n) is 16.5. The van der Waals surface area contributed by atoms with Gasteiger partial charge in [-0.25, -0.2) is 0 Å². The summed E-state index contributed by atoms with van der Waals surface area (Å²) >= 11 is 0. The minimum Gasteiger partial charge on any atom is -0.459 e. The summed E-state index contributed by atoms with van der Waals surface area (Å²) in [5.74, 6) is 0.0382. The molecule has 0 unspecified atom stereocenters. The van der Waals surface area contributed by atoms with E-state index in [1.165, 1.54) is 0 Å². The van der Waals surface area contributed by atoms with E-state index in [4.69, 9.17) is 14.6 Å². The average Bonchev–Trinajstić information content (AvgIpc) is 3.50. The van der Waals surface area contributed by atoms with Crippen molar-refractivity contribution in [1.82, 2.24) is 9.47 Å². The van der Waals surface area contributed by atoms with Crippen molar-refractivity contribution in [1.29, 1.82) is 0 Å². The molecule has 0 saturated carbocycles. The lowest BCUT2D eigenvalue weighted by atomic mass is 9.92. The average molecular weight is 398 g/mol. The lowest BCUT2D eigenvalue weighted by Gasteiger charge is -2.29. The van der Waals surface area contributed by atoms with Gasteiger partial charge in [0.15, 0.2) is 5.76 Å². The molecule has 0 aliphatic carbocycles. The smallest absolute Gasteiger partial charge is 0.288 e. The van der Waals surface area contributed by atoms with E-state index in [1.54, 1.807) is 16.4 Å². The number of hydrogen-bond donors (Lipinski definition) is 1. The minimum atomic E-state index is -0.540. The molecule has 1 saturated heterocycles. The summed E-state index contributed by atoms with van der Waals surface area (Å²) in [7, 11) is 0. The van der Waals surface area contributed by atoms with Gasteiger partial charge >= 0.3 is 0 Å². The number of para-hydroxylation sites is 1. The number of rotatable bonds is 7. The number of nitrogens with zero attached hydrogens (tertiary/aromatic N) is 2. The predicted octanol–water partition coefficient (Wildman–Crippen LogP) is 2.65. The Balaban J connectivity index is 1.65. The molecule has 1 aromatic carbocycles. The Hall–Kier alpha value is -2.64. The number of amides is 1. The Kier molecular flexibility index (Phi) is 5.69. The summed E-state index contributed by atoms with van der Waals surface area (Å²) in [6.07, 6.45) is 5.13. The van der Waals surface area contributed by atoms with E-state index >= 15 is 0 Å². The third-order valence-electron chi connectivity index (χ3n) is 5.34. The van der Waals surface area contributed by atoms with E-state index in [9.17, 15) is 9.59 Å². The number of carbonyl (C=O) groups is 2. The Morgan fingerprint density at radius 2 is 2.03 bits per heavy atom. The van der Waals surface area contributed by atoms with Crippen molar-refractivity contribution in [3.8, 4) is 0 Å². The lowest BCUT2D eigenvalue weighted by molar-refractivity contribution is -0.149. The molecule has 1 N–H and O–H groups in total. The summed E-state index contributed by atoms with van der Waals surface area (Å²) in [4.78, 5) is 26.4. The van der Waals surface area contributed by atoms with Crippen LogP contribution >= 0.6 is 0 Å². The molecule has 3 heterocycles. The van der Waals surface area contributed by atoms with E-state index in [2.05, 4.69) is 0 Å². The molecule has 2 aliphatic heterocycles. The van der Waals surface area contributed by atoms with Gasteiger partial charge in [0.1, 0.15) is 0 Å². The van der Waals surface area contributed by atoms with Crippen LogP contribution in [0.5, 0.6) is 0 Å². The number of carbonyl (C=O) groups excluding carboxylic acids is 2. The van der Waals surface area contributed by atoms with Crippen molar-refractivity contribution in [2.75, 3.05) is 26.3 Å². The minimum absolute atomic E-state index is 0.0549. The molecule has 7 nitrogen and oxygen atoms in total. The maximum atomic E-state index is 12.6. The topological polar surface area (TPSA) is 80.8 Å². The predicted molar refractivity (Wildman–Crippen MR) is 107 cm³/mol. The molecule has 0 bridgehead atoms. The van der Waals surface area contributed by atoms with Crippen LogP contribution in [0.25, 0.3) is 10.9 Å². The van der Waals surface area contributed by atoms with E-state index in [0.29, 0.717) is 25.2 Å². The quantitative estimate of drug-likeness (QED) is 0.573. The van der Waals surface area contributed by atoms with Gasteiger partial charge in [-0.1, -0.05) is 18.2 Å². The summed E-state index contributed by atoms with van der Waals surface area (Å²) < 4.78 is 13.4. The van der Waals surface area contributed by atoms with Gasteiger partial charge in [0.05, 0.1) is 12.1 Å². The van der Waals surface area contributed by atoms with E-state index in [0.717, 1.165) is 36.0 Å². The first-order chi connectivity index (χ1) is 14.1. The second kappa shape index (κ2) is 8.39. The number of hydrogen-bond acceptors (Lipinski definition) is 5. The highest BCUT2D eigenvalue weighted by Gasteiger charge is 2.35. The van der Waals surface area contributed by atoms with Crippen LogP contribution in [0.1, 0.15) is 42.5 Å². The van der Waals surface area contributed by atoms with E-state index < -0.39 is 6.29 Å². The molecule has 2 aromatic rings. The van der Waals surface area contributed by atoms with Gasteiger partial charge in [0.25, 0.3) is 5.91 Å². The molecule has 29 heavy (non-hydrogen) atoms.